The Hall–Kier alpha value is -3.49. The summed E-state index contributed by atoms with van der Waals surface area (Å²) in [4.78, 5) is 11.3. The lowest BCUT2D eigenvalue weighted by molar-refractivity contribution is 0.263. The molecule has 0 aliphatic carbocycles. The van der Waals surface area contributed by atoms with Crippen molar-refractivity contribution in [1.82, 2.24) is 30.8 Å². The first-order chi connectivity index (χ1) is 19.9. The molecule has 0 atom stereocenters. The summed E-state index contributed by atoms with van der Waals surface area (Å²) in [5.41, 5.74) is 5.69. The number of benzene rings is 2. The lowest BCUT2D eigenvalue weighted by Crippen LogP contribution is -2.40. The number of rotatable bonds is 17. The quantitative estimate of drug-likeness (QED) is 0.158. The van der Waals surface area contributed by atoms with E-state index >= 15 is 0 Å². The summed E-state index contributed by atoms with van der Waals surface area (Å²) in [6.45, 7) is 11.3. The average Bonchev–Trinajstić information content (AvgIpc) is 2.99. The van der Waals surface area contributed by atoms with Gasteiger partial charge >= 0.3 is 0 Å². The fraction of sp³-hybridized carbons (Fsp3) is 0.353. The Morgan fingerprint density at radius 2 is 1.20 bits per heavy atom. The van der Waals surface area contributed by atoms with E-state index in [0.29, 0.717) is 0 Å². The van der Waals surface area contributed by atoms with Gasteiger partial charge in [0.25, 0.3) is 0 Å². The van der Waals surface area contributed by atoms with E-state index in [1.807, 2.05) is 60.9 Å². The van der Waals surface area contributed by atoms with Crippen molar-refractivity contribution < 1.29 is 4.39 Å². The first-order valence-corrected chi connectivity index (χ1v) is 14.5. The molecule has 0 saturated carbocycles. The fourth-order valence-electron chi connectivity index (χ4n) is 4.72. The summed E-state index contributed by atoms with van der Waals surface area (Å²) >= 11 is 0. The largest absolute Gasteiger partial charge is 0.310 e. The second-order valence-corrected chi connectivity index (χ2v) is 11.1. The minimum Gasteiger partial charge on any atom is -0.310 e. The number of hydrogen-bond acceptors (Lipinski definition) is 6. The maximum absolute atomic E-state index is 13.3. The molecule has 0 unspecified atom stereocenters. The maximum Gasteiger partial charge on any atom is 0.123 e. The molecule has 41 heavy (non-hydrogen) atoms. The molecule has 6 nitrogen and oxygen atoms in total. The number of hydrogen-bond donors (Lipinski definition) is 3. The van der Waals surface area contributed by atoms with Crippen LogP contribution in [0.1, 0.15) is 41.9 Å². The van der Waals surface area contributed by atoms with Crippen LogP contribution < -0.4 is 16.0 Å². The van der Waals surface area contributed by atoms with Crippen LogP contribution in [0.5, 0.6) is 0 Å². The van der Waals surface area contributed by atoms with E-state index in [1.165, 1.54) is 23.3 Å². The molecule has 0 aliphatic heterocycles. The number of halogens is 1. The minimum atomic E-state index is -0.195. The van der Waals surface area contributed by atoms with E-state index in [9.17, 15) is 4.39 Å². The number of aromatic nitrogens is 2. The Kier molecular flexibility index (Phi) is 11.9. The van der Waals surface area contributed by atoms with E-state index in [2.05, 4.69) is 68.9 Å². The van der Waals surface area contributed by atoms with Gasteiger partial charge in [-0.2, -0.15) is 0 Å². The molecule has 0 radical (unpaired) electrons. The monoisotopic (exact) mass is 554 g/mol. The van der Waals surface area contributed by atoms with Crippen molar-refractivity contribution in [2.75, 3.05) is 26.2 Å². The van der Waals surface area contributed by atoms with Crippen LogP contribution in [0.3, 0.4) is 0 Å². The molecule has 0 aliphatic rings. The summed E-state index contributed by atoms with van der Waals surface area (Å²) in [6.07, 6.45) is 4.51. The predicted molar refractivity (Wildman–Crippen MR) is 165 cm³/mol. The lowest BCUT2D eigenvalue weighted by atomic mass is 9.94. The highest BCUT2D eigenvalue weighted by Crippen LogP contribution is 2.15. The van der Waals surface area contributed by atoms with Crippen LogP contribution >= 0.6 is 0 Å². The molecular formula is C34H43FN6. The molecule has 0 saturated heterocycles. The summed E-state index contributed by atoms with van der Waals surface area (Å²) < 4.78 is 13.3. The summed E-state index contributed by atoms with van der Waals surface area (Å²) in [5, 5.41) is 10.7. The summed E-state index contributed by atoms with van der Waals surface area (Å²) in [7, 11) is 0. The zero-order chi connectivity index (χ0) is 28.8. The standard InChI is InChI=1S/C34H43FN6/c1-34(2,23-28-13-15-31(35)16-14-28)40-24-29-9-11-30(12-10-29)27-41(21-19-36-25-32-7-3-5-17-38-32)22-20-37-26-33-8-4-6-18-39-33/h3-18,36-37,40H,19-27H2,1-2H3. The van der Waals surface area contributed by atoms with Gasteiger partial charge in [0, 0.05) is 70.3 Å². The van der Waals surface area contributed by atoms with Gasteiger partial charge in [-0.1, -0.05) is 48.5 Å². The van der Waals surface area contributed by atoms with Crippen LogP contribution in [0.25, 0.3) is 0 Å². The Labute approximate surface area is 244 Å². The predicted octanol–water partition coefficient (Wildman–Crippen LogP) is 5.11. The first-order valence-electron chi connectivity index (χ1n) is 14.5. The van der Waals surface area contributed by atoms with Crippen molar-refractivity contribution in [3.8, 4) is 0 Å². The number of pyridine rings is 2. The van der Waals surface area contributed by atoms with E-state index < -0.39 is 0 Å². The normalized spacial score (nSPS) is 11.7. The van der Waals surface area contributed by atoms with Crippen molar-refractivity contribution >= 4 is 0 Å². The summed E-state index contributed by atoms with van der Waals surface area (Å²) in [5.74, 6) is -0.195. The highest BCUT2D eigenvalue weighted by molar-refractivity contribution is 5.23. The van der Waals surface area contributed by atoms with Crippen LogP contribution in [0.15, 0.2) is 97.3 Å². The van der Waals surface area contributed by atoms with Gasteiger partial charge in [0.1, 0.15) is 5.82 Å². The van der Waals surface area contributed by atoms with E-state index in [-0.39, 0.29) is 11.4 Å². The molecule has 0 amide bonds. The minimum absolute atomic E-state index is 0.0994. The Bertz CT molecular complexity index is 1220. The first kappa shape index (κ1) is 30.5. The van der Waals surface area contributed by atoms with Gasteiger partial charge in [0.15, 0.2) is 0 Å². The molecule has 0 bridgehead atoms. The smallest absolute Gasteiger partial charge is 0.123 e. The van der Waals surface area contributed by atoms with Gasteiger partial charge in [-0.15, -0.1) is 0 Å². The third-order valence-electron chi connectivity index (χ3n) is 7.03. The molecule has 216 valence electrons. The molecule has 0 spiro atoms. The highest BCUT2D eigenvalue weighted by Gasteiger charge is 2.17. The van der Waals surface area contributed by atoms with Crippen LogP contribution in [0.2, 0.25) is 0 Å². The van der Waals surface area contributed by atoms with E-state index in [0.717, 1.165) is 75.7 Å². The van der Waals surface area contributed by atoms with Gasteiger partial charge in [-0.25, -0.2) is 4.39 Å². The molecule has 7 heteroatoms. The lowest BCUT2D eigenvalue weighted by Gasteiger charge is -2.27. The Morgan fingerprint density at radius 3 is 1.73 bits per heavy atom. The number of nitrogens with zero attached hydrogens (tertiary/aromatic N) is 3. The van der Waals surface area contributed by atoms with Crippen LogP contribution in [-0.4, -0.2) is 46.6 Å². The van der Waals surface area contributed by atoms with Gasteiger partial charge in [-0.05, 0) is 73.4 Å². The van der Waals surface area contributed by atoms with Crippen molar-refractivity contribution in [2.45, 2.75) is 52.0 Å². The average molecular weight is 555 g/mol. The second kappa shape index (κ2) is 16.1. The van der Waals surface area contributed by atoms with Gasteiger partial charge in [-0.3, -0.25) is 14.9 Å². The maximum atomic E-state index is 13.3. The van der Waals surface area contributed by atoms with Crippen LogP contribution in [0, 0.1) is 5.82 Å². The molecule has 0 fully saturated rings. The van der Waals surface area contributed by atoms with Crippen molar-refractivity contribution in [3.63, 3.8) is 0 Å². The van der Waals surface area contributed by atoms with Gasteiger partial charge < -0.3 is 16.0 Å². The van der Waals surface area contributed by atoms with Crippen molar-refractivity contribution in [2.24, 2.45) is 0 Å². The molecule has 4 rings (SSSR count). The highest BCUT2D eigenvalue weighted by atomic mass is 19.1. The Morgan fingerprint density at radius 1 is 0.659 bits per heavy atom. The molecule has 2 heterocycles. The second-order valence-electron chi connectivity index (χ2n) is 11.1. The van der Waals surface area contributed by atoms with E-state index in [1.54, 1.807) is 0 Å². The SMILES string of the molecule is CC(C)(Cc1ccc(F)cc1)NCc1ccc(CN(CCNCc2ccccn2)CCNCc2ccccn2)cc1. The molecular weight excluding hydrogens is 511 g/mol. The molecule has 3 N–H and O–H groups in total. The zero-order valence-electron chi connectivity index (χ0n) is 24.3. The van der Waals surface area contributed by atoms with Gasteiger partial charge in [0.2, 0.25) is 0 Å². The molecule has 2 aromatic carbocycles. The van der Waals surface area contributed by atoms with E-state index in [4.69, 9.17) is 0 Å². The third kappa shape index (κ3) is 11.5. The van der Waals surface area contributed by atoms with Crippen LogP contribution in [0.4, 0.5) is 4.39 Å². The van der Waals surface area contributed by atoms with Crippen molar-refractivity contribution in [1.29, 1.82) is 0 Å². The third-order valence-corrected chi connectivity index (χ3v) is 7.03. The van der Waals surface area contributed by atoms with Crippen LogP contribution in [-0.2, 0) is 32.6 Å². The zero-order valence-corrected chi connectivity index (χ0v) is 24.3. The topological polar surface area (TPSA) is 65.1 Å². The summed E-state index contributed by atoms with van der Waals surface area (Å²) in [6, 6.07) is 27.7. The fourth-order valence-corrected chi connectivity index (χ4v) is 4.72. The van der Waals surface area contributed by atoms with Gasteiger partial charge in [0.05, 0.1) is 11.4 Å². The molecule has 4 aromatic rings. The molecule has 2 aromatic heterocycles. The van der Waals surface area contributed by atoms with Crippen molar-refractivity contribution in [3.05, 3.63) is 131 Å². The Balaban J connectivity index is 1.26. The number of nitrogens with one attached hydrogen (secondary N) is 3.